The molecule has 6 nitrogen and oxygen atoms in total. The van der Waals surface area contributed by atoms with Gasteiger partial charge in [-0.1, -0.05) is 36.4 Å². The van der Waals surface area contributed by atoms with Gasteiger partial charge in [0.25, 0.3) is 11.6 Å². The zero-order chi connectivity index (χ0) is 17.5. The number of nitro benzene ring substituents is 1. The molecule has 2 atom stereocenters. The van der Waals surface area contributed by atoms with Gasteiger partial charge in [0.1, 0.15) is 0 Å². The quantitative estimate of drug-likeness (QED) is 0.604. The van der Waals surface area contributed by atoms with Gasteiger partial charge in [-0.05, 0) is 25.0 Å². The third-order valence-corrected chi connectivity index (χ3v) is 3.72. The zero-order valence-electron chi connectivity index (χ0n) is 13.4. The van der Waals surface area contributed by atoms with Crippen molar-refractivity contribution in [3.05, 3.63) is 75.8 Å². The molecular weight excluding hydrogens is 308 g/mol. The number of hydrogen-bond donors (Lipinski definition) is 2. The molecule has 0 heterocycles. The largest absolute Gasteiger partial charge is 0.393 e. The van der Waals surface area contributed by atoms with Crippen LogP contribution < -0.4 is 5.32 Å². The summed E-state index contributed by atoms with van der Waals surface area (Å²) >= 11 is 0. The van der Waals surface area contributed by atoms with E-state index in [-0.39, 0.29) is 23.1 Å². The number of rotatable bonds is 7. The van der Waals surface area contributed by atoms with E-state index in [1.54, 1.807) is 6.92 Å². The van der Waals surface area contributed by atoms with Gasteiger partial charge in [0.05, 0.1) is 11.0 Å². The number of aliphatic hydroxyl groups excluding tert-OH is 1. The van der Waals surface area contributed by atoms with Crippen molar-refractivity contribution in [2.75, 3.05) is 6.54 Å². The van der Waals surface area contributed by atoms with Gasteiger partial charge in [-0.3, -0.25) is 14.9 Å². The van der Waals surface area contributed by atoms with Crippen molar-refractivity contribution in [1.82, 2.24) is 5.32 Å². The summed E-state index contributed by atoms with van der Waals surface area (Å²) in [5.41, 5.74) is 1.15. The Labute approximate surface area is 140 Å². The SMILES string of the molecule is CC(O)CC(CNC(=O)c1cccc([N+](=O)[O-])c1)c1ccccc1. The second-order valence-electron chi connectivity index (χ2n) is 5.71. The van der Waals surface area contributed by atoms with Crippen LogP contribution in [0.15, 0.2) is 54.6 Å². The number of carbonyl (C=O) groups excluding carboxylic acids is 1. The average Bonchev–Trinajstić information content (AvgIpc) is 2.58. The van der Waals surface area contributed by atoms with Crippen molar-refractivity contribution >= 4 is 11.6 Å². The first-order valence-electron chi connectivity index (χ1n) is 7.73. The van der Waals surface area contributed by atoms with Crippen LogP contribution in [-0.4, -0.2) is 28.6 Å². The molecule has 0 aliphatic carbocycles. The highest BCUT2D eigenvalue weighted by molar-refractivity contribution is 5.94. The lowest BCUT2D eigenvalue weighted by Gasteiger charge is -2.19. The van der Waals surface area contributed by atoms with Crippen molar-refractivity contribution in [3.8, 4) is 0 Å². The molecule has 2 rings (SSSR count). The van der Waals surface area contributed by atoms with Gasteiger partial charge in [-0.15, -0.1) is 0 Å². The number of amides is 1. The summed E-state index contributed by atoms with van der Waals surface area (Å²) in [6.45, 7) is 2.05. The van der Waals surface area contributed by atoms with Crippen LogP contribution in [0.5, 0.6) is 0 Å². The summed E-state index contributed by atoms with van der Waals surface area (Å²) in [4.78, 5) is 22.5. The van der Waals surface area contributed by atoms with Crippen molar-refractivity contribution < 1.29 is 14.8 Å². The van der Waals surface area contributed by atoms with E-state index in [9.17, 15) is 20.0 Å². The van der Waals surface area contributed by atoms with Crippen LogP contribution in [-0.2, 0) is 0 Å². The number of non-ortho nitro benzene ring substituents is 1. The minimum atomic E-state index is -0.531. The van der Waals surface area contributed by atoms with E-state index in [4.69, 9.17) is 0 Å². The lowest BCUT2D eigenvalue weighted by atomic mass is 9.93. The van der Waals surface area contributed by atoms with Crippen LogP contribution in [0.2, 0.25) is 0 Å². The van der Waals surface area contributed by atoms with Crippen LogP contribution in [0.1, 0.15) is 35.2 Å². The Balaban J connectivity index is 2.07. The van der Waals surface area contributed by atoms with Gasteiger partial charge in [0.2, 0.25) is 0 Å². The number of nitro groups is 1. The number of nitrogens with zero attached hydrogens (tertiary/aromatic N) is 1. The van der Waals surface area contributed by atoms with E-state index in [1.807, 2.05) is 30.3 Å². The predicted octanol–water partition coefficient (Wildman–Crippen LogP) is 2.88. The molecule has 0 aliphatic heterocycles. The third kappa shape index (κ3) is 4.89. The summed E-state index contributed by atoms with van der Waals surface area (Å²) in [6, 6.07) is 15.2. The minimum absolute atomic E-state index is 0.0335. The summed E-state index contributed by atoms with van der Waals surface area (Å²) in [5.74, 6) is -0.404. The van der Waals surface area contributed by atoms with Crippen LogP contribution in [0, 0.1) is 10.1 Å². The number of aliphatic hydroxyl groups is 1. The Kier molecular flexibility index (Phi) is 6.03. The van der Waals surface area contributed by atoms with Crippen molar-refractivity contribution in [3.63, 3.8) is 0 Å². The first-order valence-corrected chi connectivity index (χ1v) is 7.73. The highest BCUT2D eigenvalue weighted by Crippen LogP contribution is 2.21. The number of nitrogens with one attached hydrogen (secondary N) is 1. The molecule has 0 spiro atoms. The van der Waals surface area contributed by atoms with Crippen LogP contribution in [0.4, 0.5) is 5.69 Å². The molecule has 2 N–H and O–H groups in total. The molecule has 0 aromatic heterocycles. The lowest BCUT2D eigenvalue weighted by Crippen LogP contribution is -2.29. The average molecular weight is 328 g/mol. The molecule has 6 heteroatoms. The maximum Gasteiger partial charge on any atom is 0.270 e. The maximum atomic E-state index is 12.2. The summed E-state index contributed by atoms with van der Waals surface area (Å²) < 4.78 is 0. The van der Waals surface area contributed by atoms with E-state index in [0.29, 0.717) is 13.0 Å². The van der Waals surface area contributed by atoms with Gasteiger partial charge in [-0.25, -0.2) is 0 Å². The van der Waals surface area contributed by atoms with Gasteiger partial charge < -0.3 is 10.4 Å². The molecule has 2 unspecified atom stereocenters. The van der Waals surface area contributed by atoms with E-state index < -0.39 is 11.0 Å². The minimum Gasteiger partial charge on any atom is -0.393 e. The van der Waals surface area contributed by atoms with E-state index in [1.165, 1.54) is 24.3 Å². The second-order valence-corrected chi connectivity index (χ2v) is 5.71. The van der Waals surface area contributed by atoms with E-state index >= 15 is 0 Å². The second kappa shape index (κ2) is 8.21. The molecule has 126 valence electrons. The smallest absolute Gasteiger partial charge is 0.270 e. The Hall–Kier alpha value is -2.73. The molecule has 0 saturated carbocycles. The molecule has 2 aromatic rings. The van der Waals surface area contributed by atoms with E-state index in [0.717, 1.165) is 5.56 Å². The van der Waals surface area contributed by atoms with Crippen LogP contribution in [0.3, 0.4) is 0 Å². The van der Waals surface area contributed by atoms with Crippen LogP contribution in [0.25, 0.3) is 0 Å². The standard InChI is InChI=1S/C18H20N2O4/c1-13(21)10-16(14-6-3-2-4-7-14)12-19-18(22)15-8-5-9-17(11-15)20(23)24/h2-9,11,13,16,21H,10,12H2,1H3,(H,19,22). The highest BCUT2D eigenvalue weighted by Gasteiger charge is 2.17. The maximum absolute atomic E-state index is 12.2. The lowest BCUT2D eigenvalue weighted by molar-refractivity contribution is -0.384. The molecule has 0 aliphatic rings. The van der Waals surface area contributed by atoms with Crippen molar-refractivity contribution in [2.24, 2.45) is 0 Å². The Bertz CT molecular complexity index is 701. The molecule has 0 radical (unpaired) electrons. The van der Waals surface area contributed by atoms with Gasteiger partial charge in [-0.2, -0.15) is 0 Å². The fourth-order valence-corrected chi connectivity index (χ4v) is 2.55. The van der Waals surface area contributed by atoms with E-state index in [2.05, 4.69) is 5.32 Å². The Morgan fingerprint density at radius 2 is 1.92 bits per heavy atom. The van der Waals surface area contributed by atoms with Gasteiger partial charge >= 0.3 is 0 Å². The fraction of sp³-hybridized carbons (Fsp3) is 0.278. The number of carbonyl (C=O) groups is 1. The first kappa shape index (κ1) is 17.6. The highest BCUT2D eigenvalue weighted by atomic mass is 16.6. The van der Waals surface area contributed by atoms with Crippen LogP contribution >= 0.6 is 0 Å². The summed E-state index contributed by atoms with van der Waals surface area (Å²) in [7, 11) is 0. The van der Waals surface area contributed by atoms with Crippen molar-refractivity contribution in [2.45, 2.75) is 25.4 Å². The number of benzene rings is 2. The van der Waals surface area contributed by atoms with Gasteiger partial charge in [0, 0.05) is 30.2 Å². The topological polar surface area (TPSA) is 92.5 Å². The zero-order valence-corrected chi connectivity index (χ0v) is 13.4. The predicted molar refractivity (Wildman–Crippen MR) is 90.9 cm³/mol. The first-order chi connectivity index (χ1) is 11.5. The van der Waals surface area contributed by atoms with Crippen molar-refractivity contribution in [1.29, 1.82) is 0 Å². The number of hydrogen-bond acceptors (Lipinski definition) is 4. The van der Waals surface area contributed by atoms with Gasteiger partial charge in [0.15, 0.2) is 0 Å². The monoisotopic (exact) mass is 328 g/mol. The molecule has 24 heavy (non-hydrogen) atoms. The molecule has 2 aromatic carbocycles. The summed E-state index contributed by atoms with van der Waals surface area (Å²) in [6.07, 6.45) is 0.0177. The Morgan fingerprint density at radius 1 is 1.21 bits per heavy atom. The molecule has 0 fully saturated rings. The molecular formula is C18H20N2O4. The molecule has 1 amide bonds. The third-order valence-electron chi connectivity index (χ3n) is 3.72. The normalized spacial score (nSPS) is 13.1. The Morgan fingerprint density at radius 3 is 2.54 bits per heavy atom. The summed E-state index contributed by atoms with van der Waals surface area (Å²) in [5, 5.41) is 23.3. The molecule has 0 bridgehead atoms. The molecule has 0 saturated heterocycles. The fourth-order valence-electron chi connectivity index (χ4n) is 2.55.